The number of alkyl halides is 3. The standard InChI is InChI=1S/C5H4F3N2S/c1-2-3(5(6,7)8)10-4(9)11-2/h1H2,(H2,9,10). The van der Waals surface area contributed by atoms with Gasteiger partial charge in [-0.05, 0) is 6.92 Å². The molecule has 0 aromatic carbocycles. The Kier molecular flexibility index (Phi) is 1.79. The van der Waals surface area contributed by atoms with E-state index in [0.29, 0.717) is 0 Å². The quantitative estimate of drug-likeness (QED) is 0.664. The van der Waals surface area contributed by atoms with Gasteiger partial charge in [-0.25, -0.2) is 4.98 Å². The van der Waals surface area contributed by atoms with Gasteiger partial charge in [-0.1, -0.05) is 0 Å². The van der Waals surface area contributed by atoms with E-state index in [2.05, 4.69) is 11.9 Å². The van der Waals surface area contributed by atoms with E-state index in [-0.39, 0.29) is 10.0 Å². The van der Waals surface area contributed by atoms with Crippen molar-refractivity contribution in [2.45, 2.75) is 6.18 Å². The van der Waals surface area contributed by atoms with Crippen LogP contribution in [0.4, 0.5) is 18.3 Å². The maximum atomic E-state index is 11.9. The minimum absolute atomic E-state index is 0.109. The molecule has 0 atom stereocenters. The first-order chi connectivity index (χ1) is 4.91. The summed E-state index contributed by atoms with van der Waals surface area (Å²) >= 11 is 0.732. The van der Waals surface area contributed by atoms with Crippen LogP contribution in [0.1, 0.15) is 10.6 Å². The number of nitrogens with two attached hydrogens (primary N) is 1. The molecule has 0 fully saturated rings. The van der Waals surface area contributed by atoms with Crippen LogP contribution in [0.5, 0.6) is 0 Å². The predicted molar refractivity (Wildman–Crippen MR) is 36.0 cm³/mol. The molecule has 0 unspecified atom stereocenters. The lowest BCUT2D eigenvalue weighted by atomic mass is 10.4. The van der Waals surface area contributed by atoms with Crippen molar-refractivity contribution < 1.29 is 13.2 Å². The van der Waals surface area contributed by atoms with Crippen LogP contribution in [0.15, 0.2) is 0 Å². The molecule has 0 amide bonds. The summed E-state index contributed by atoms with van der Waals surface area (Å²) in [6.45, 7) is 3.16. The molecule has 0 bridgehead atoms. The molecule has 6 heteroatoms. The Morgan fingerprint density at radius 3 is 2.18 bits per heavy atom. The van der Waals surface area contributed by atoms with Crippen LogP contribution in [0, 0.1) is 6.92 Å². The van der Waals surface area contributed by atoms with Gasteiger partial charge < -0.3 is 5.73 Å². The molecule has 0 aliphatic rings. The van der Waals surface area contributed by atoms with Crippen LogP contribution in [0.2, 0.25) is 0 Å². The summed E-state index contributed by atoms with van der Waals surface area (Å²) in [5.41, 5.74) is 4.06. The molecule has 0 saturated heterocycles. The lowest BCUT2D eigenvalue weighted by Crippen LogP contribution is -2.07. The maximum Gasteiger partial charge on any atom is 0.434 e. The second-order valence-corrected chi connectivity index (χ2v) is 2.94. The van der Waals surface area contributed by atoms with E-state index in [1.165, 1.54) is 0 Å². The van der Waals surface area contributed by atoms with E-state index in [0.717, 1.165) is 11.3 Å². The number of halogens is 3. The molecule has 1 heterocycles. The highest BCUT2D eigenvalue weighted by atomic mass is 32.1. The van der Waals surface area contributed by atoms with Gasteiger partial charge in [0.25, 0.3) is 0 Å². The molecular weight excluding hydrogens is 177 g/mol. The highest BCUT2D eigenvalue weighted by molar-refractivity contribution is 7.15. The summed E-state index contributed by atoms with van der Waals surface area (Å²) in [6, 6.07) is 0. The first-order valence-electron chi connectivity index (χ1n) is 2.56. The summed E-state index contributed by atoms with van der Waals surface area (Å²) < 4.78 is 35.7. The Labute approximate surface area is 64.9 Å². The lowest BCUT2D eigenvalue weighted by molar-refractivity contribution is -0.140. The average Bonchev–Trinajstić information content (AvgIpc) is 2.08. The van der Waals surface area contributed by atoms with Crippen LogP contribution in [-0.2, 0) is 6.18 Å². The Hall–Kier alpha value is -0.780. The minimum Gasteiger partial charge on any atom is -0.375 e. The normalized spacial score (nSPS) is 12.0. The van der Waals surface area contributed by atoms with Crippen molar-refractivity contribution in [3.63, 3.8) is 0 Å². The highest BCUT2D eigenvalue weighted by Gasteiger charge is 2.35. The average molecular weight is 181 g/mol. The SMILES string of the molecule is [CH2]c1sc(N)nc1C(F)(F)F. The number of rotatable bonds is 0. The highest BCUT2D eigenvalue weighted by Crippen LogP contribution is 2.34. The summed E-state index contributed by atoms with van der Waals surface area (Å²) in [7, 11) is 0. The second-order valence-electron chi connectivity index (χ2n) is 1.82. The zero-order chi connectivity index (χ0) is 8.65. The zero-order valence-corrected chi connectivity index (χ0v) is 6.09. The number of aromatic nitrogens is 1. The van der Waals surface area contributed by atoms with Crippen molar-refractivity contribution in [3.05, 3.63) is 17.5 Å². The minimum atomic E-state index is -4.44. The molecular formula is C5H4F3N2S. The van der Waals surface area contributed by atoms with Crippen LogP contribution in [-0.4, -0.2) is 4.98 Å². The third-order valence-corrected chi connectivity index (χ3v) is 1.72. The lowest BCUT2D eigenvalue weighted by Gasteiger charge is -2.01. The molecule has 0 saturated carbocycles. The molecule has 1 aromatic rings. The molecule has 2 nitrogen and oxygen atoms in total. The van der Waals surface area contributed by atoms with Gasteiger partial charge in [-0.2, -0.15) is 13.2 Å². The first-order valence-corrected chi connectivity index (χ1v) is 3.38. The van der Waals surface area contributed by atoms with Crippen molar-refractivity contribution in [1.29, 1.82) is 0 Å². The zero-order valence-electron chi connectivity index (χ0n) is 5.27. The molecule has 0 aliphatic carbocycles. The molecule has 2 N–H and O–H groups in total. The Morgan fingerprint density at radius 2 is 2.00 bits per heavy atom. The van der Waals surface area contributed by atoms with Crippen LogP contribution in [0.25, 0.3) is 0 Å². The van der Waals surface area contributed by atoms with Gasteiger partial charge >= 0.3 is 6.18 Å². The second kappa shape index (κ2) is 2.37. The van der Waals surface area contributed by atoms with Gasteiger partial charge in [-0.3, -0.25) is 0 Å². The van der Waals surface area contributed by atoms with Crippen LogP contribution >= 0.6 is 11.3 Å². The van der Waals surface area contributed by atoms with Gasteiger partial charge in [0.05, 0.1) is 0 Å². The number of nitrogens with zero attached hydrogens (tertiary/aromatic N) is 1. The summed E-state index contributed by atoms with van der Waals surface area (Å²) in [5.74, 6) is 0. The third-order valence-electron chi connectivity index (χ3n) is 0.982. The van der Waals surface area contributed by atoms with Crippen molar-refractivity contribution in [3.8, 4) is 0 Å². The maximum absolute atomic E-state index is 11.9. The molecule has 1 radical (unpaired) electrons. The van der Waals surface area contributed by atoms with E-state index in [4.69, 9.17) is 5.73 Å². The monoisotopic (exact) mass is 181 g/mol. The number of thiazole rings is 1. The van der Waals surface area contributed by atoms with Crippen molar-refractivity contribution >= 4 is 16.5 Å². The molecule has 0 spiro atoms. The smallest absolute Gasteiger partial charge is 0.375 e. The predicted octanol–water partition coefficient (Wildman–Crippen LogP) is 1.93. The Morgan fingerprint density at radius 1 is 1.45 bits per heavy atom. The van der Waals surface area contributed by atoms with Gasteiger partial charge in [0.1, 0.15) is 0 Å². The number of nitrogen functional groups attached to an aromatic ring is 1. The topological polar surface area (TPSA) is 38.9 Å². The molecule has 11 heavy (non-hydrogen) atoms. The van der Waals surface area contributed by atoms with E-state index in [9.17, 15) is 13.2 Å². The number of hydrogen-bond acceptors (Lipinski definition) is 3. The van der Waals surface area contributed by atoms with Gasteiger partial charge in [0.2, 0.25) is 0 Å². The van der Waals surface area contributed by atoms with Crippen molar-refractivity contribution in [2.24, 2.45) is 0 Å². The third kappa shape index (κ3) is 1.62. The first kappa shape index (κ1) is 8.32. The van der Waals surface area contributed by atoms with Crippen molar-refractivity contribution in [2.75, 3.05) is 5.73 Å². The Balaban J connectivity index is 3.13. The molecule has 0 aliphatic heterocycles. The number of hydrogen-bond donors (Lipinski definition) is 1. The van der Waals surface area contributed by atoms with Gasteiger partial charge in [0.15, 0.2) is 10.8 Å². The fourth-order valence-electron chi connectivity index (χ4n) is 0.591. The Bertz CT molecular complexity index is 265. The van der Waals surface area contributed by atoms with E-state index in [1.54, 1.807) is 0 Å². The summed E-state index contributed by atoms with van der Waals surface area (Å²) in [4.78, 5) is 2.95. The van der Waals surface area contributed by atoms with Crippen molar-refractivity contribution in [1.82, 2.24) is 4.98 Å². The molecule has 61 valence electrons. The fraction of sp³-hybridized carbons (Fsp3) is 0.200. The van der Waals surface area contributed by atoms with E-state index in [1.807, 2.05) is 0 Å². The largest absolute Gasteiger partial charge is 0.434 e. The van der Waals surface area contributed by atoms with E-state index < -0.39 is 11.9 Å². The molecule has 1 aromatic heterocycles. The number of anilines is 1. The summed E-state index contributed by atoms with van der Waals surface area (Å²) in [6.07, 6.45) is -4.44. The molecule has 1 rings (SSSR count). The van der Waals surface area contributed by atoms with Crippen LogP contribution in [0.3, 0.4) is 0 Å². The van der Waals surface area contributed by atoms with Gasteiger partial charge in [0, 0.05) is 4.88 Å². The fourth-order valence-corrected chi connectivity index (χ4v) is 1.24. The van der Waals surface area contributed by atoms with E-state index >= 15 is 0 Å². The van der Waals surface area contributed by atoms with Crippen LogP contribution < -0.4 is 5.73 Å². The summed E-state index contributed by atoms with van der Waals surface area (Å²) in [5, 5.41) is -0.109. The van der Waals surface area contributed by atoms with Gasteiger partial charge in [-0.15, -0.1) is 11.3 Å².